The van der Waals surface area contributed by atoms with Gasteiger partial charge in [-0.15, -0.1) is 0 Å². The number of hydrogen-bond acceptors (Lipinski definition) is 5. The first-order valence-corrected chi connectivity index (χ1v) is 9.16. The van der Waals surface area contributed by atoms with E-state index in [2.05, 4.69) is 10.6 Å². The van der Waals surface area contributed by atoms with Crippen molar-refractivity contribution in [1.29, 1.82) is 0 Å². The number of likely N-dealkylation sites (N-methyl/N-ethyl adjacent to an activating group) is 1. The average molecular weight is 383 g/mol. The number of benzene rings is 2. The second-order valence-corrected chi connectivity index (χ2v) is 6.91. The number of rotatable bonds is 5. The first kappa shape index (κ1) is 19.7. The maximum atomic E-state index is 12.3. The van der Waals surface area contributed by atoms with Crippen LogP contribution in [-0.2, 0) is 9.59 Å². The molecule has 148 valence electrons. The molecule has 7 heteroatoms. The van der Waals surface area contributed by atoms with Crippen LogP contribution in [0.4, 0.5) is 5.69 Å². The van der Waals surface area contributed by atoms with Gasteiger partial charge in [-0.25, -0.2) is 0 Å². The number of nitrogens with zero attached hydrogens (tertiary/aromatic N) is 1. The molecule has 0 aliphatic carbocycles. The Labute approximate surface area is 164 Å². The summed E-state index contributed by atoms with van der Waals surface area (Å²) >= 11 is 0. The van der Waals surface area contributed by atoms with Crippen molar-refractivity contribution >= 4 is 17.5 Å². The highest BCUT2D eigenvalue weighted by atomic mass is 16.6. The molecular formula is C21H25N3O4. The van der Waals surface area contributed by atoms with Crippen LogP contribution in [0.2, 0.25) is 0 Å². The Bertz CT molecular complexity index is 849. The quantitative estimate of drug-likeness (QED) is 0.773. The van der Waals surface area contributed by atoms with Crippen LogP contribution in [0.15, 0.2) is 42.5 Å². The van der Waals surface area contributed by atoms with E-state index in [4.69, 9.17) is 9.47 Å². The van der Waals surface area contributed by atoms with Gasteiger partial charge < -0.3 is 25.0 Å². The number of nitrogens with one attached hydrogen (secondary N) is 2. The van der Waals surface area contributed by atoms with Gasteiger partial charge in [0.1, 0.15) is 13.2 Å². The molecule has 2 amide bonds. The fourth-order valence-electron chi connectivity index (χ4n) is 2.97. The van der Waals surface area contributed by atoms with Gasteiger partial charge >= 0.3 is 11.8 Å². The van der Waals surface area contributed by atoms with E-state index in [-0.39, 0.29) is 6.04 Å². The fourth-order valence-corrected chi connectivity index (χ4v) is 2.97. The Hall–Kier alpha value is -3.06. The topological polar surface area (TPSA) is 79.9 Å². The largest absolute Gasteiger partial charge is 0.486 e. The second kappa shape index (κ2) is 8.75. The van der Waals surface area contributed by atoms with Crippen LogP contribution in [-0.4, -0.2) is 50.6 Å². The van der Waals surface area contributed by atoms with Crippen molar-refractivity contribution in [2.75, 3.05) is 39.2 Å². The molecule has 1 atom stereocenters. The van der Waals surface area contributed by atoms with Gasteiger partial charge in [0.05, 0.1) is 6.04 Å². The van der Waals surface area contributed by atoms with Crippen LogP contribution in [0.25, 0.3) is 0 Å². The SMILES string of the molecule is Cc1ccc([C@H](CNC(=O)C(=O)Nc2ccc3c(c2)OCCO3)N(C)C)cc1. The predicted octanol–water partition coefficient (Wildman–Crippen LogP) is 2.12. The Morgan fingerprint density at radius 2 is 1.68 bits per heavy atom. The molecule has 0 aromatic heterocycles. The van der Waals surface area contributed by atoms with Gasteiger partial charge in [0, 0.05) is 18.3 Å². The number of anilines is 1. The molecule has 28 heavy (non-hydrogen) atoms. The van der Waals surface area contributed by atoms with Crippen LogP contribution in [0.5, 0.6) is 11.5 Å². The molecule has 7 nitrogen and oxygen atoms in total. The molecule has 2 aromatic carbocycles. The van der Waals surface area contributed by atoms with E-state index in [9.17, 15) is 9.59 Å². The molecule has 1 aliphatic rings. The van der Waals surface area contributed by atoms with E-state index in [1.54, 1.807) is 18.2 Å². The number of carbonyl (C=O) groups is 2. The fraction of sp³-hybridized carbons (Fsp3) is 0.333. The number of carbonyl (C=O) groups excluding carboxylic acids is 2. The summed E-state index contributed by atoms with van der Waals surface area (Å²) < 4.78 is 10.9. The third-order valence-corrected chi connectivity index (χ3v) is 4.55. The number of ether oxygens (including phenoxy) is 2. The Morgan fingerprint density at radius 3 is 2.36 bits per heavy atom. The molecule has 3 rings (SSSR count). The number of amides is 2. The standard InChI is InChI=1S/C21H25N3O4/c1-14-4-6-15(7-5-14)17(24(2)3)13-22-20(25)21(26)23-16-8-9-18-19(12-16)28-11-10-27-18/h4-9,12,17H,10-11,13H2,1-3H3,(H,22,25)(H,23,26)/t17-/m0/s1. The first-order valence-electron chi connectivity index (χ1n) is 9.16. The monoisotopic (exact) mass is 383 g/mol. The van der Waals surface area contributed by atoms with E-state index in [1.165, 1.54) is 5.56 Å². The van der Waals surface area contributed by atoms with E-state index in [0.717, 1.165) is 5.56 Å². The maximum Gasteiger partial charge on any atom is 0.313 e. The van der Waals surface area contributed by atoms with E-state index in [1.807, 2.05) is 50.2 Å². The van der Waals surface area contributed by atoms with Crippen molar-refractivity contribution in [2.24, 2.45) is 0 Å². The lowest BCUT2D eigenvalue weighted by molar-refractivity contribution is -0.136. The van der Waals surface area contributed by atoms with Crippen LogP contribution < -0.4 is 20.1 Å². The lowest BCUT2D eigenvalue weighted by Crippen LogP contribution is -2.40. The Balaban J connectivity index is 1.58. The molecule has 0 saturated heterocycles. The van der Waals surface area contributed by atoms with E-state index >= 15 is 0 Å². The highest BCUT2D eigenvalue weighted by molar-refractivity contribution is 6.39. The molecular weight excluding hydrogens is 358 g/mol. The molecule has 0 bridgehead atoms. The first-order chi connectivity index (χ1) is 13.4. The molecule has 0 spiro atoms. The molecule has 2 N–H and O–H groups in total. The summed E-state index contributed by atoms with van der Waals surface area (Å²) in [6.07, 6.45) is 0. The van der Waals surface area contributed by atoms with Crippen LogP contribution in [0, 0.1) is 6.92 Å². The summed E-state index contributed by atoms with van der Waals surface area (Å²) in [5, 5.41) is 5.30. The number of hydrogen-bond donors (Lipinski definition) is 2. The molecule has 1 aliphatic heterocycles. The van der Waals surface area contributed by atoms with Crippen molar-refractivity contribution < 1.29 is 19.1 Å². The van der Waals surface area contributed by atoms with E-state index < -0.39 is 11.8 Å². The molecule has 0 saturated carbocycles. The lowest BCUT2D eigenvalue weighted by atomic mass is 10.0. The Morgan fingerprint density at radius 1 is 1.00 bits per heavy atom. The molecule has 2 aromatic rings. The van der Waals surface area contributed by atoms with Gasteiger partial charge in [0.2, 0.25) is 0 Å². The highest BCUT2D eigenvalue weighted by Crippen LogP contribution is 2.32. The summed E-state index contributed by atoms with van der Waals surface area (Å²) in [6, 6.07) is 13.1. The Kier molecular flexibility index (Phi) is 6.16. The third kappa shape index (κ3) is 4.80. The zero-order valence-corrected chi connectivity index (χ0v) is 16.3. The highest BCUT2D eigenvalue weighted by Gasteiger charge is 2.20. The van der Waals surface area contributed by atoms with Crippen molar-refractivity contribution in [3.8, 4) is 11.5 Å². The average Bonchev–Trinajstić information content (AvgIpc) is 2.69. The molecule has 0 radical (unpaired) electrons. The second-order valence-electron chi connectivity index (χ2n) is 6.91. The van der Waals surface area contributed by atoms with Gasteiger partial charge in [-0.2, -0.15) is 0 Å². The summed E-state index contributed by atoms with van der Waals surface area (Å²) in [6.45, 7) is 3.30. The predicted molar refractivity (Wildman–Crippen MR) is 107 cm³/mol. The summed E-state index contributed by atoms with van der Waals surface area (Å²) in [4.78, 5) is 26.5. The summed E-state index contributed by atoms with van der Waals surface area (Å²) in [5.74, 6) is -0.232. The zero-order chi connectivity index (χ0) is 20.1. The normalized spacial score (nSPS) is 13.7. The number of aryl methyl sites for hydroxylation is 1. The summed E-state index contributed by atoms with van der Waals surface area (Å²) in [5.41, 5.74) is 2.72. The summed E-state index contributed by atoms with van der Waals surface area (Å²) in [7, 11) is 3.87. The molecule has 0 fully saturated rings. The van der Waals surface area contributed by atoms with Crippen LogP contribution in [0.3, 0.4) is 0 Å². The lowest BCUT2D eigenvalue weighted by Gasteiger charge is -2.25. The maximum absolute atomic E-state index is 12.3. The van der Waals surface area contributed by atoms with Gasteiger partial charge in [-0.3, -0.25) is 9.59 Å². The minimum absolute atomic E-state index is 0.0355. The van der Waals surface area contributed by atoms with Crippen LogP contribution in [0.1, 0.15) is 17.2 Å². The van der Waals surface area contributed by atoms with Crippen molar-refractivity contribution in [2.45, 2.75) is 13.0 Å². The van der Waals surface area contributed by atoms with Gasteiger partial charge in [0.25, 0.3) is 0 Å². The molecule has 0 unspecified atom stereocenters. The van der Waals surface area contributed by atoms with Gasteiger partial charge in [0.15, 0.2) is 11.5 Å². The smallest absolute Gasteiger partial charge is 0.313 e. The van der Waals surface area contributed by atoms with Gasteiger partial charge in [-0.05, 0) is 38.7 Å². The minimum Gasteiger partial charge on any atom is -0.486 e. The zero-order valence-electron chi connectivity index (χ0n) is 16.3. The van der Waals surface area contributed by atoms with Crippen molar-refractivity contribution in [3.63, 3.8) is 0 Å². The third-order valence-electron chi connectivity index (χ3n) is 4.55. The molecule has 1 heterocycles. The minimum atomic E-state index is -0.724. The van der Waals surface area contributed by atoms with Crippen molar-refractivity contribution in [3.05, 3.63) is 53.6 Å². The van der Waals surface area contributed by atoms with E-state index in [0.29, 0.717) is 36.9 Å². The van der Waals surface area contributed by atoms with Crippen LogP contribution >= 0.6 is 0 Å². The van der Waals surface area contributed by atoms with Crippen molar-refractivity contribution in [1.82, 2.24) is 10.2 Å². The van der Waals surface area contributed by atoms with Gasteiger partial charge in [-0.1, -0.05) is 29.8 Å². The number of fused-ring (bicyclic) bond motifs is 1.